The molecule has 2 aromatic rings. The molecule has 0 amide bonds. The number of aromatic nitrogens is 2. The van der Waals surface area contributed by atoms with Crippen LogP contribution in [0.3, 0.4) is 0 Å². The molecule has 6 heteroatoms. The van der Waals surface area contributed by atoms with Crippen molar-refractivity contribution < 1.29 is 0 Å². The number of aromatic amines is 1. The summed E-state index contributed by atoms with van der Waals surface area (Å²) >= 11 is 3.16. The smallest absolute Gasteiger partial charge is 0.275 e. The molecule has 92 valence electrons. The van der Waals surface area contributed by atoms with Crippen LogP contribution in [0.4, 0.5) is 5.69 Å². The van der Waals surface area contributed by atoms with Crippen LogP contribution in [0.25, 0.3) is 0 Å². The van der Waals surface area contributed by atoms with Gasteiger partial charge in [0.15, 0.2) is 0 Å². The number of anilines is 1. The van der Waals surface area contributed by atoms with Crippen molar-refractivity contribution in [3.63, 3.8) is 0 Å². The van der Waals surface area contributed by atoms with Gasteiger partial charge in [0.05, 0.1) is 18.1 Å². The van der Waals surface area contributed by atoms with Crippen LogP contribution in [0.1, 0.15) is 11.1 Å². The Hall–Kier alpha value is -1.95. The molecule has 0 atom stereocenters. The Morgan fingerprint density at radius 1 is 1.39 bits per heavy atom. The molecule has 0 fully saturated rings. The van der Waals surface area contributed by atoms with Crippen molar-refractivity contribution >= 4 is 27.8 Å². The van der Waals surface area contributed by atoms with Crippen LogP contribution in [0.15, 0.2) is 44.8 Å². The molecule has 2 N–H and O–H groups in total. The zero-order valence-electron chi connectivity index (χ0n) is 9.64. The largest absolute Gasteiger partial charge is 0.280 e. The SMILES string of the molecule is Cc1ccc(/C=N\Nc2cn[nH]c(=O)c2Br)cc1. The van der Waals surface area contributed by atoms with Gasteiger partial charge >= 0.3 is 0 Å². The van der Waals surface area contributed by atoms with Gasteiger partial charge in [-0.15, -0.1) is 0 Å². The summed E-state index contributed by atoms with van der Waals surface area (Å²) in [7, 11) is 0. The van der Waals surface area contributed by atoms with E-state index in [9.17, 15) is 4.79 Å². The molecule has 0 saturated heterocycles. The van der Waals surface area contributed by atoms with Gasteiger partial charge in [0.2, 0.25) is 0 Å². The van der Waals surface area contributed by atoms with Crippen LogP contribution in [-0.2, 0) is 0 Å². The number of aryl methyl sites for hydroxylation is 1. The highest BCUT2D eigenvalue weighted by Gasteiger charge is 2.01. The van der Waals surface area contributed by atoms with E-state index in [0.717, 1.165) is 5.56 Å². The molecule has 5 nitrogen and oxygen atoms in total. The maximum Gasteiger partial charge on any atom is 0.280 e. The molecule has 1 aromatic heterocycles. The van der Waals surface area contributed by atoms with Crippen molar-refractivity contribution in [2.75, 3.05) is 5.43 Å². The quantitative estimate of drug-likeness (QED) is 0.675. The second-order valence-corrected chi connectivity index (χ2v) is 4.50. The minimum Gasteiger partial charge on any atom is -0.275 e. The van der Waals surface area contributed by atoms with E-state index in [1.807, 2.05) is 31.2 Å². The third-order valence-electron chi connectivity index (χ3n) is 2.27. The molecule has 18 heavy (non-hydrogen) atoms. The van der Waals surface area contributed by atoms with Crippen LogP contribution in [0.5, 0.6) is 0 Å². The highest BCUT2D eigenvalue weighted by atomic mass is 79.9. The van der Waals surface area contributed by atoms with Crippen molar-refractivity contribution in [1.29, 1.82) is 0 Å². The number of nitrogens with zero attached hydrogens (tertiary/aromatic N) is 2. The predicted octanol–water partition coefficient (Wildman–Crippen LogP) is 2.29. The average Bonchev–Trinajstić information content (AvgIpc) is 2.37. The number of hydrazone groups is 1. The predicted molar refractivity (Wildman–Crippen MR) is 75.0 cm³/mol. The summed E-state index contributed by atoms with van der Waals surface area (Å²) in [5.41, 5.74) is 5.14. The topological polar surface area (TPSA) is 70.1 Å². The summed E-state index contributed by atoms with van der Waals surface area (Å²) in [5.74, 6) is 0. The molecule has 0 spiro atoms. The van der Waals surface area contributed by atoms with E-state index in [-0.39, 0.29) is 5.56 Å². The Morgan fingerprint density at radius 2 is 2.11 bits per heavy atom. The molecular weight excluding hydrogens is 296 g/mol. The molecule has 0 unspecified atom stereocenters. The Labute approximate surface area is 112 Å². The minimum atomic E-state index is -0.300. The first-order chi connectivity index (χ1) is 8.66. The van der Waals surface area contributed by atoms with Crippen molar-refractivity contribution in [3.05, 3.63) is 56.4 Å². The van der Waals surface area contributed by atoms with Crippen molar-refractivity contribution in [2.24, 2.45) is 5.10 Å². The number of hydrogen-bond acceptors (Lipinski definition) is 4. The number of rotatable bonds is 3. The van der Waals surface area contributed by atoms with E-state index in [1.165, 1.54) is 11.8 Å². The number of H-pyrrole nitrogens is 1. The maximum absolute atomic E-state index is 11.3. The van der Waals surface area contributed by atoms with E-state index in [1.54, 1.807) is 6.21 Å². The first-order valence-corrected chi connectivity index (χ1v) is 6.05. The maximum atomic E-state index is 11.3. The van der Waals surface area contributed by atoms with Gasteiger partial charge in [-0.05, 0) is 28.4 Å². The van der Waals surface area contributed by atoms with E-state index >= 15 is 0 Å². The van der Waals surface area contributed by atoms with Crippen LogP contribution in [0, 0.1) is 6.92 Å². The second kappa shape index (κ2) is 5.59. The fourth-order valence-electron chi connectivity index (χ4n) is 1.29. The van der Waals surface area contributed by atoms with Gasteiger partial charge in [0.1, 0.15) is 4.47 Å². The Kier molecular flexibility index (Phi) is 3.88. The lowest BCUT2D eigenvalue weighted by molar-refractivity contribution is 0.977. The zero-order valence-corrected chi connectivity index (χ0v) is 11.2. The zero-order chi connectivity index (χ0) is 13.0. The van der Waals surface area contributed by atoms with Gasteiger partial charge < -0.3 is 0 Å². The lowest BCUT2D eigenvalue weighted by Crippen LogP contribution is -2.10. The fraction of sp³-hybridized carbons (Fsp3) is 0.0833. The van der Waals surface area contributed by atoms with Crippen molar-refractivity contribution in [2.45, 2.75) is 6.92 Å². The molecule has 1 aromatic carbocycles. The van der Waals surface area contributed by atoms with Gasteiger partial charge in [-0.1, -0.05) is 29.8 Å². The first-order valence-electron chi connectivity index (χ1n) is 5.26. The van der Waals surface area contributed by atoms with E-state index < -0.39 is 0 Å². The third-order valence-corrected chi connectivity index (χ3v) is 3.06. The molecule has 0 radical (unpaired) electrons. The van der Waals surface area contributed by atoms with Crippen LogP contribution in [-0.4, -0.2) is 16.4 Å². The molecule has 0 saturated carbocycles. The molecule has 1 heterocycles. The standard InChI is InChI=1S/C12H11BrN4O/c1-8-2-4-9(5-3-8)6-14-16-10-7-15-17-12(18)11(10)13/h2-7H,1H3,(H2,16,17,18)/b14-6-. The number of benzene rings is 1. The highest BCUT2D eigenvalue weighted by Crippen LogP contribution is 2.14. The average molecular weight is 307 g/mol. The normalized spacial score (nSPS) is 10.8. The Balaban J connectivity index is 2.09. The summed E-state index contributed by atoms with van der Waals surface area (Å²) < 4.78 is 0.374. The molecule has 0 aliphatic carbocycles. The van der Waals surface area contributed by atoms with Gasteiger partial charge in [0, 0.05) is 0 Å². The van der Waals surface area contributed by atoms with E-state index in [4.69, 9.17) is 0 Å². The van der Waals surface area contributed by atoms with Crippen molar-refractivity contribution in [3.8, 4) is 0 Å². The molecule has 0 aliphatic heterocycles. The van der Waals surface area contributed by atoms with Gasteiger partial charge in [-0.25, -0.2) is 5.10 Å². The minimum absolute atomic E-state index is 0.300. The van der Waals surface area contributed by atoms with Crippen LogP contribution >= 0.6 is 15.9 Å². The highest BCUT2D eigenvalue weighted by molar-refractivity contribution is 9.10. The van der Waals surface area contributed by atoms with Gasteiger partial charge in [0.25, 0.3) is 5.56 Å². The van der Waals surface area contributed by atoms with Crippen LogP contribution < -0.4 is 11.0 Å². The van der Waals surface area contributed by atoms with E-state index in [0.29, 0.717) is 10.2 Å². The summed E-state index contributed by atoms with van der Waals surface area (Å²) in [6, 6.07) is 7.94. The molecule has 2 rings (SSSR count). The lowest BCUT2D eigenvalue weighted by atomic mass is 10.2. The number of hydrogen-bond donors (Lipinski definition) is 2. The fourth-order valence-corrected chi connectivity index (χ4v) is 1.57. The molecule has 0 bridgehead atoms. The monoisotopic (exact) mass is 306 g/mol. The third kappa shape index (κ3) is 3.04. The number of nitrogens with one attached hydrogen (secondary N) is 2. The summed E-state index contributed by atoms with van der Waals surface area (Å²) in [4.78, 5) is 11.3. The molecular formula is C12H11BrN4O. The first kappa shape index (κ1) is 12.5. The number of halogens is 1. The Bertz CT molecular complexity index is 619. The van der Waals surface area contributed by atoms with E-state index in [2.05, 4.69) is 36.7 Å². The summed E-state index contributed by atoms with van der Waals surface area (Å²) in [6.07, 6.45) is 3.16. The van der Waals surface area contributed by atoms with Gasteiger partial charge in [-0.3, -0.25) is 10.2 Å². The summed E-state index contributed by atoms with van der Waals surface area (Å²) in [6.45, 7) is 2.03. The van der Waals surface area contributed by atoms with Gasteiger partial charge in [-0.2, -0.15) is 10.2 Å². The molecule has 0 aliphatic rings. The lowest BCUT2D eigenvalue weighted by Gasteiger charge is -2.00. The van der Waals surface area contributed by atoms with Crippen LogP contribution in [0.2, 0.25) is 0 Å². The Morgan fingerprint density at radius 3 is 2.83 bits per heavy atom. The summed E-state index contributed by atoms with van der Waals surface area (Å²) in [5, 5.41) is 10.0. The van der Waals surface area contributed by atoms with Crippen molar-refractivity contribution in [1.82, 2.24) is 10.2 Å². The second-order valence-electron chi connectivity index (χ2n) is 3.71.